The van der Waals surface area contributed by atoms with Gasteiger partial charge in [0.1, 0.15) is 17.2 Å². The van der Waals surface area contributed by atoms with Gasteiger partial charge in [-0.2, -0.15) is 0 Å². The van der Waals surface area contributed by atoms with E-state index in [1.807, 2.05) is 6.92 Å². The molecular formula is C13H12BF2N2O2-. The van der Waals surface area contributed by atoms with Crippen LogP contribution in [0.5, 0.6) is 0 Å². The van der Waals surface area contributed by atoms with Gasteiger partial charge in [0, 0.05) is 17.5 Å². The van der Waals surface area contributed by atoms with Crippen LogP contribution >= 0.6 is 0 Å². The first kappa shape index (κ1) is 12.7. The molecule has 20 heavy (non-hydrogen) atoms. The number of aromatic amines is 1. The molecule has 1 aromatic rings. The van der Waals surface area contributed by atoms with Crippen molar-refractivity contribution in [2.45, 2.75) is 13.8 Å². The molecule has 0 unspecified atom stereocenters. The number of hydrogen-bond donors (Lipinski definition) is 1. The van der Waals surface area contributed by atoms with E-state index in [1.54, 1.807) is 31.2 Å². The van der Waals surface area contributed by atoms with E-state index in [0.29, 0.717) is 11.4 Å². The molecule has 2 aliphatic heterocycles. The Hall–Kier alpha value is -2.31. The van der Waals surface area contributed by atoms with Gasteiger partial charge in [0.05, 0.1) is 5.69 Å². The number of H-pyrrole nitrogens is 1. The van der Waals surface area contributed by atoms with Gasteiger partial charge in [0.15, 0.2) is 0 Å². The highest BCUT2D eigenvalue weighted by molar-refractivity contribution is 6.53. The molecular weight excluding hydrogens is 265 g/mol. The Labute approximate surface area is 114 Å². The van der Waals surface area contributed by atoms with Crippen LogP contribution in [0.2, 0.25) is 0 Å². The Morgan fingerprint density at radius 2 is 1.95 bits per heavy atom. The first-order valence-electron chi connectivity index (χ1n) is 6.16. The van der Waals surface area contributed by atoms with Crippen LogP contribution in [-0.4, -0.2) is 17.8 Å². The number of nitrogens with zero attached hydrogens (tertiary/aromatic N) is 1. The topological polar surface area (TPSA) is 46.6 Å². The number of aliphatic imine (C=N–C) groups is 1. The standard InChI is InChI=1S/C13H12BF2N2O2/c1-8-3-5-10(17-8)12-7-13(20-14(15,16)19-12)11-6-4-9(2)18-11/h3-7,17H,1-2H3/q-1/b13-11-. The second-order valence-corrected chi connectivity index (χ2v) is 4.67. The predicted molar refractivity (Wildman–Crippen MR) is 72.9 cm³/mol. The highest BCUT2D eigenvalue weighted by Gasteiger charge is 2.39. The van der Waals surface area contributed by atoms with Crippen LogP contribution in [-0.2, 0) is 9.31 Å². The Balaban J connectivity index is 2.06. The number of rotatable bonds is 1. The van der Waals surface area contributed by atoms with Crippen LogP contribution in [0.15, 0.2) is 46.8 Å². The lowest BCUT2D eigenvalue weighted by atomic mass is 10.1. The monoisotopic (exact) mass is 277 g/mol. The van der Waals surface area contributed by atoms with Crippen molar-refractivity contribution < 1.29 is 17.9 Å². The zero-order chi connectivity index (χ0) is 14.3. The van der Waals surface area contributed by atoms with Gasteiger partial charge in [-0.15, -0.1) is 0 Å². The molecule has 3 heterocycles. The molecule has 7 heteroatoms. The summed E-state index contributed by atoms with van der Waals surface area (Å²) in [6, 6.07) is 3.46. The van der Waals surface area contributed by atoms with Gasteiger partial charge in [-0.25, -0.2) is 0 Å². The summed E-state index contributed by atoms with van der Waals surface area (Å²) in [7, 11) is -4.40. The summed E-state index contributed by atoms with van der Waals surface area (Å²) in [6.07, 6.45) is 4.79. The van der Waals surface area contributed by atoms with E-state index in [2.05, 4.69) is 19.3 Å². The second kappa shape index (κ2) is 4.36. The van der Waals surface area contributed by atoms with E-state index >= 15 is 0 Å². The van der Waals surface area contributed by atoms with Crippen molar-refractivity contribution in [3.63, 3.8) is 0 Å². The van der Waals surface area contributed by atoms with Gasteiger partial charge in [-0.3, -0.25) is 4.99 Å². The smallest absolute Gasteiger partial charge is 0.626 e. The van der Waals surface area contributed by atoms with Crippen LogP contribution < -0.4 is 0 Å². The van der Waals surface area contributed by atoms with Crippen LogP contribution in [0, 0.1) is 6.92 Å². The molecule has 0 aliphatic carbocycles. The van der Waals surface area contributed by atoms with Crippen molar-refractivity contribution in [2.24, 2.45) is 4.99 Å². The molecule has 2 aliphatic rings. The van der Waals surface area contributed by atoms with Gasteiger partial charge < -0.3 is 22.9 Å². The number of aryl methyl sites for hydroxylation is 1. The largest absolute Gasteiger partial charge is 0.726 e. The summed E-state index contributed by atoms with van der Waals surface area (Å²) in [5.41, 5.74) is 2.45. The van der Waals surface area contributed by atoms with Crippen LogP contribution in [0.4, 0.5) is 8.63 Å². The van der Waals surface area contributed by atoms with E-state index in [0.717, 1.165) is 11.4 Å². The van der Waals surface area contributed by atoms with E-state index in [1.165, 1.54) is 6.08 Å². The van der Waals surface area contributed by atoms with Crippen molar-refractivity contribution >= 4 is 18.6 Å². The lowest BCUT2D eigenvalue weighted by Gasteiger charge is -2.34. The summed E-state index contributed by atoms with van der Waals surface area (Å²) in [6.45, 7) is 3.62. The molecule has 0 saturated heterocycles. The number of hydrogen-bond acceptors (Lipinski definition) is 3. The summed E-state index contributed by atoms with van der Waals surface area (Å²) >= 11 is 0. The Bertz CT molecular complexity index is 686. The minimum Gasteiger partial charge on any atom is -0.626 e. The molecule has 0 atom stereocenters. The third-order valence-electron chi connectivity index (χ3n) is 2.92. The Morgan fingerprint density at radius 3 is 2.55 bits per heavy atom. The molecule has 0 spiro atoms. The SMILES string of the molecule is CC1=N/C(=C2/C=C(c3ccc(C)[nH]3)O[B-](F)(F)O2)C=C1. The third kappa shape index (κ3) is 2.39. The van der Waals surface area contributed by atoms with Gasteiger partial charge in [-0.1, -0.05) is 0 Å². The summed E-state index contributed by atoms with van der Waals surface area (Å²) in [5, 5.41) is 0. The fraction of sp³-hybridized carbons (Fsp3) is 0.154. The van der Waals surface area contributed by atoms with E-state index in [-0.39, 0.29) is 11.5 Å². The Kier molecular flexibility index (Phi) is 2.77. The lowest BCUT2D eigenvalue weighted by Crippen LogP contribution is -2.34. The highest BCUT2D eigenvalue weighted by atomic mass is 19.3. The molecule has 0 amide bonds. The van der Waals surface area contributed by atoms with E-state index < -0.39 is 7.11 Å². The van der Waals surface area contributed by atoms with Crippen molar-refractivity contribution in [3.8, 4) is 0 Å². The molecule has 0 bridgehead atoms. The summed E-state index contributed by atoms with van der Waals surface area (Å²) in [4.78, 5) is 7.09. The highest BCUT2D eigenvalue weighted by Crippen LogP contribution is 2.34. The molecule has 0 aromatic carbocycles. The third-order valence-corrected chi connectivity index (χ3v) is 2.92. The van der Waals surface area contributed by atoms with Crippen molar-refractivity contribution in [2.75, 3.05) is 0 Å². The van der Waals surface area contributed by atoms with Crippen molar-refractivity contribution in [3.05, 3.63) is 53.2 Å². The molecule has 1 N–H and O–H groups in total. The summed E-state index contributed by atoms with van der Waals surface area (Å²) in [5.74, 6) is 0.0570. The fourth-order valence-corrected chi connectivity index (χ4v) is 2.03. The molecule has 3 rings (SSSR count). The van der Waals surface area contributed by atoms with Crippen LogP contribution in [0.25, 0.3) is 5.76 Å². The van der Waals surface area contributed by atoms with Crippen LogP contribution in [0.1, 0.15) is 18.3 Å². The normalized spacial score (nSPS) is 24.0. The quantitative estimate of drug-likeness (QED) is 0.800. The Morgan fingerprint density at radius 1 is 1.15 bits per heavy atom. The molecule has 4 nitrogen and oxygen atoms in total. The molecule has 1 aromatic heterocycles. The van der Waals surface area contributed by atoms with Crippen molar-refractivity contribution in [1.82, 2.24) is 4.98 Å². The van der Waals surface area contributed by atoms with E-state index in [9.17, 15) is 8.63 Å². The maximum Gasteiger partial charge on any atom is 0.726 e. The second-order valence-electron chi connectivity index (χ2n) is 4.67. The first-order valence-corrected chi connectivity index (χ1v) is 6.16. The molecule has 0 saturated carbocycles. The zero-order valence-electron chi connectivity index (χ0n) is 11.0. The predicted octanol–water partition coefficient (Wildman–Crippen LogP) is 3.33. The minimum absolute atomic E-state index is 0.0107. The fourth-order valence-electron chi connectivity index (χ4n) is 2.03. The minimum atomic E-state index is -4.40. The summed E-state index contributed by atoms with van der Waals surface area (Å²) < 4.78 is 36.4. The number of aromatic nitrogens is 1. The molecule has 0 fully saturated rings. The van der Waals surface area contributed by atoms with Gasteiger partial charge in [-0.05, 0) is 38.1 Å². The number of allylic oxidation sites excluding steroid dienone is 3. The molecule has 0 radical (unpaired) electrons. The number of nitrogens with one attached hydrogen (secondary N) is 1. The van der Waals surface area contributed by atoms with Gasteiger partial charge in [0.25, 0.3) is 0 Å². The van der Waals surface area contributed by atoms with Crippen LogP contribution in [0.3, 0.4) is 0 Å². The van der Waals surface area contributed by atoms with Gasteiger partial charge in [0.2, 0.25) is 0 Å². The average molecular weight is 277 g/mol. The average Bonchev–Trinajstić information content (AvgIpc) is 2.96. The maximum atomic E-state index is 13.6. The van der Waals surface area contributed by atoms with E-state index in [4.69, 9.17) is 0 Å². The van der Waals surface area contributed by atoms with Gasteiger partial charge >= 0.3 is 7.11 Å². The molecule has 104 valence electrons. The number of halogens is 2. The lowest BCUT2D eigenvalue weighted by molar-refractivity contribution is 0.171. The van der Waals surface area contributed by atoms with Crippen molar-refractivity contribution in [1.29, 1.82) is 0 Å². The maximum absolute atomic E-state index is 13.6. The first-order chi connectivity index (χ1) is 9.43. The zero-order valence-corrected chi connectivity index (χ0v) is 11.0.